The van der Waals surface area contributed by atoms with Gasteiger partial charge in [0.2, 0.25) is 5.91 Å². The highest BCUT2D eigenvalue weighted by molar-refractivity contribution is 5.96. The van der Waals surface area contributed by atoms with Crippen LogP contribution in [0.4, 0.5) is 20.2 Å². The molecule has 0 spiro atoms. The fourth-order valence-corrected chi connectivity index (χ4v) is 6.10. The first-order valence-corrected chi connectivity index (χ1v) is 13.7. The normalized spacial score (nSPS) is 19.7. The van der Waals surface area contributed by atoms with E-state index in [-0.39, 0.29) is 18.4 Å². The Morgan fingerprint density at radius 1 is 0.925 bits per heavy atom. The molecule has 1 amide bonds. The Labute approximate surface area is 234 Å². The van der Waals surface area contributed by atoms with Gasteiger partial charge in [0.15, 0.2) is 0 Å². The Balaban J connectivity index is 1.46. The maximum Gasteiger partial charge on any atom is 0.330 e. The molecule has 0 N–H and O–H groups in total. The lowest BCUT2D eigenvalue weighted by molar-refractivity contribution is -0.134. The lowest BCUT2D eigenvalue weighted by Crippen LogP contribution is -2.38. The zero-order valence-corrected chi connectivity index (χ0v) is 23.1. The molecule has 0 radical (unpaired) electrons. The van der Waals surface area contributed by atoms with Crippen molar-refractivity contribution in [1.29, 1.82) is 0 Å². The van der Waals surface area contributed by atoms with E-state index in [2.05, 4.69) is 4.74 Å². The summed E-state index contributed by atoms with van der Waals surface area (Å²) in [5.41, 5.74) is 3.76. The number of anilines is 2. The van der Waals surface area contributed by atoms with E-state index in [0.717, 1.165) is 42.5 Å². The number of benzene rings is 3. The molecule has 3 aromatic carbocycles. The highest BCUT2D eigenvalue weighted by Crippen LogP contribution is 2.49. The van der Waals surface area contributed by atoms with Crippen molar-refractivity contribution in [2.24, 2.45) is 17.8 Å². The van der Waals surface area contributed by atoms with Gasteiger partial charge in [0.1, 0.15) is 11.6 Å². The van der Waals surface area contributed by atoms with E-state index >= 15 is 4.39 Å². The maximum absolute atomic E-state index is 15.5. The Morgan fingerprint density at radius 2 is 1.68 bits per heavy atom. The number of methoxy groups -OCH3 is 1. The molecule has 2 aliphatic rings. The summed E-state index contributed by atoms with van der Waals surface area (Å²) in [6.45, 7) is -0.0258. The van der Waals surface area contributed by atoms with E-state index in [1.807, 2.05) is 49.3 Å². The van der Waals surface area contributed by atoms with Gasteiger partial charge in [-0.3, -0.25) is 4.79 Å². The van der Waals surface area contributed by atoms with Gasteiger partial charge < -0.3 is 14.5 Å². The molecule has 5 rings (SSSR count). The third kappa shape index (κ3) is 5.93. The largest absolute Gasteiger partial charge is 0.466 e. The van der Waals surface area contributed by atoms with Crippen LogP contribution in [0.1, 0.15) is 36.8 Å². The van der Waals surface area contributed by atoms with Crippen LogP contribution in [0.15, 0.2) is 66.7 Å². The van der Waals surface area contributed by atoms with Crippen molar-refractivity contribution in [2.45, 2.75) is 32.2 Å². The molecule has 208 valence electrons. The summed E-state index contributed by atoms with van der Waals surface area (Å²) in [6, 6.07) is 17.1. The minimum Gasteiger partial charge on any atom is -0.466 e. The summed E-state index contributed by atoms with van der Waals surface area (Å²) < 4.78 is 34.9. The number of hydrogen-bond acceptors (Lipinski definition) is 4. The molecular formula is C33H34F2N2O3. The lowest BCUT2D eigenvalue weighted by Gasteiger charge is -2.30. The summed E-state index contributed by atoms with van der Waals surface area (Å²) in [4.78, 5) is 29.0. The molecular weight excluding hydrogens is 510 g/mol. The van der Waals surface area contributed by atoms with Gasteiger partial charge in [-0.05, 0) is 90.3 Å². The Hall–Kier alpha value is -4.00. The molecule has 0 heterocycles. The first-order valence-electron chi connectivity index (χ1n) is 13.7. The van der Waals surface area contributed by atoms with E-state index in [9.17, 15) is 14.0 Å². The Morgan fingerprint density at radius 3 is 2.30 bits per heavy atom. The number of ether oxygens (including phenoxy) is 1. The van der Waals surface area contributed by atoms with Gasteiger partial charge in [0.05, 0.1) is 13.7 Å². The molecule has 2 fully saturated rings. The first-order chi connectivity index (χ1) is 19.2. The summed E-state index contributed by atoms with van der Waals surface area (Å²) >= 11 is 0. The third-order valence-corrected chi connectivity index (χ3v) is 8.25. The van der Waals surface area contributed by atoms with Gasteiger partial charge in [-0.2, -0.15) is 0 Å². The van der Waals surface area contributed by atoms with Gasteiger partial charge in [0.25, 0.3) is 0 Å². The van der Waals surface area contributed by atoms with E-state index in [4.69, 9.17) is 0 Å². The van der Waals surface area contributed by atoms with E-state index in [1.54, 1.807) is 12.1 Å². The molecule has 3 atom stereocenters. The average molecular weight is 545 g/mol. The molecule has 2 bridgehead atoms. The van der Waals surface area contributed by atoms with Crippen LogP contribution >= 0.6 is 0 Å². The van der Waals surface area contributed by atoms with Crippen LogP contribution in [0.2, 0.25) is 0 Å². The number of carbonyl (C=O) groups is 2. The van der Waals surface area contributed by atoms with Gasteiger partial charge >= 0.3 is 5.97 Å². The standard InChI is InChI=1S/C33H34F2N2O3/c1-36(2)28-11-9-23(10-12-28)24-7-8-26(31(35)18-24)20-37(33(39)30-17-21-4-6-25(30)14-21)29-16-22(15-27(34)19-29)5-13-32(38)40-3/h5,7-13,15-16,18-19,21,25,30H,4,6,14,17,20H2,1-3H3. The molecule has 3 aromatic rings. The van der Waals surface area contributed by atoms with Gasteiger partial charge in [-0.15, -0.1) is 0 Å². The number of halogens is 2. The summed E-state index contributed by atoms with van der Waals surface area (Å²) in [7, 11) is 5.19. The highest BCUT2D eigenvalue weighted by Gasteiger charge is 2.44. The van der Waals surface area contributed by atoms with Crippen LogP contribution in [-0.4, -0.2) is 33.1 Å². The van der Waals surface area contributed by atoms with Gasteiger partial charge in [-0.1, -0.05) is 30.7 Å². The predicted molar refractivity (Wildman–Crippen MR) is 154 cm³/mol. The van der Waals surface area contributed by atoms with Crippen LogP contribution in [0.5, 0.6) is 0 Å². The van der Waals surface area contributed by atoms with Crippen LogP contribution in [-0.2, 0) is 20.9 Å². The highest BCUT2D eigenvalue weighted by atomic mass is 19.1. The number of esters is 1. The van der Waals surface area contributed by atoms with E-state index < -0.39 is 17.6 Å². The molecule has 2 aliphatic carbocycles. The van der Waals surface area contributed by atoms with Crippen molar-refractivity contribution in [3.63, 3.8) is 0 Å². The minimum atomic E-state index is -0.570. The Bertz CT molecular complexity index is 1430. The van der Waals surface area contributed by atoms with Gasteiger partial charge in [-0.25, -0.2) is 13.6 Å². The lowest BCUT2D eigenvalue weighted by atomic mass is 9.87. The second-order valence-corrected chi connectivity index (χ2v) is 11.1. The number of rotatable bonds is 8. The molecule has 40 heavy (non-hydrogen) atoms. The van der Waals surface area contributed by atoms with Crippen molar-refractivity contribution >= 4 is 29.3 Å². The van der Waals surface area contributed by atoms with Crippen LogP contribution < -0.4 is 9.80 Å². The maximum atomic E-state index is 15.5. The van der Waals surface area contributed by atoms with Crippen LogP contribution in [0.3, 0.4) is 0 Å². The topological polar surface area (TPSA) is 49.9 Å². The van der Waals surface area contributed by atoms with Crippen LogP contribution in [0, 0.1) is 29.4 Å². The van der Waals surface area contributed by atoms with Crippen molar-refractivity contribution in [3.8, 4) is 11.1 Å². The monoisotopic (exact) mass is 544 g/mol. The van der Waals surface area contributed by atoms with Crippen molar-refractivity contribution in [1.82, 2.24) is 0 Å². The number of carbonyl (C=O) groups excluding carboxylic acids is 2. The number of fused-ring (bicyclic) bond motifs is 2. The molecule has 0 aromatic heterocycles. The zero-order valence-electron chi connectivity index (χ0n) is 23.1. The smallest absolute Gasteiger partial charge is 0.330 e. The zero-order chi connectivity index (χ0) is 28.4. The fraction of sp³-hybridized carbons (Fsp3) is 0.333. The quantitative estimate of drug-likeness (QED) is 0.230. The molecule has 2 saturated carbocycles. The summed E-state index contributed by atoms with van der Waals surface area (Å²) in [5, 5.41) is 0. The minimum absolute atomic E-state index is 0.0258. The fourth-order valence-electron chi connectivity index (χ4n) is 6.10. The third-order valence-electron chi connectivity index (χ3n) is 8.25. The van der Waals surface area contributed by atoms with E-state index in [0.29, 0.717) is 28.7 Å². The van der Waals surface area contributed by atoms with Crippen molar-refractivity contribution in [2.75, 3.05) is 31.0 Å². The molecule has 0 aliphatic heterocycles. The summed E-state index contributed by atoms with van der Waals surface area (Å²) in [5.74, 6) is -0.963. The number of hydrogen-bond donors (Lipinski definition) is 0. The first kappa shape index (κ1) is 27.6. The average Bonchev–Trinajstić information content (AvgIpc) is 3.59. The molecule has 5 nitrogen and oxygen atoms in total. The van der Waals surface area contributed by atoms with Gasteiger partial charge in [0, 0.05) is 43.0 Å². The number of nitrogens with zero attached hydrogens (tertiary/aromatic N) is 2. The molecule has 3 unspecified atom stereocenters. The second-order valence-electron chi connectivity index (χ2n) is 11.1. The predicted octanol–water partition coefficient (Wildman–Crippen LogP) is 6.85. The van der Waals surface area contributed by atoms with Crippen LogP contribution in [0.25, 0.3) is 17.2 Å². The van der Waals surface area contributed by atoms with Crippen molar-refractivity contribution in [3.05, 3.63) is 89.5 Å². The van der Waals surface area contributed by atoms with Crippen molar-refractivity contribution < 1.29 is 23.1 Å². The molecule has 0 saturated heterocycles. The molecule has 7 heteroatoms. The summed E-state index contributed by atoms with van der Waals surface area (Å²) in [6.07, 6.45) is 6.65. The van der Waals surface area contributed by atoms with E-state index in [1.165, 1.54) is 42.4 Å². The Kier molecular flexibility index (Phi) is 8.01. The SMILES string of the molecule is COC(=O)C=Cc1cc(F)cc(N(Cc2ccc(-c3ccc(N(C)C)cc3)cc2F)C(=O)C2CC3CCC2C3)c1. The number of amides is 1. The second kappa shape index (κ2) is 11.6.